The Morgan fingerprint density at radius 2 is 1.97 bits per heavy atom. The molecule has 1 aliphatic rings. The Bertz CT molecular complexity index is 1210. The van der Waals surface area contributed by atoms with Crippen molar-refractivity contribution in [2.75, 3.05) is 6.54 Å². The molecule has 1 fully saturated rings. The highest BCUT2D eigenvalue weighted by atomic mass is 19.4. The van der Waals surface area contributed by atoms with E-state index in [1.54, 1.807) is 32.3 Å². The first-order valence-electron chi connectivity index (χ1n) is 10.4. The largest absolute Gasteiger partial charge is 0.441 e. The van der Waals surface area contributed by atoms with E-state index in [4.69, 9.17) is 4.74 Å². The zero-order valence-electron chi connectivity index (χ0n) is 18.0. The van der Waals surface area contributed by atoms with E-state index in [2.05, 4.69) is 10.3 Å². The molecule has 6 nitrogen and oxygen atoms in total. The Balaban J connectivity index is 1.46. The Hall–Kier alpha value is -3.62. The highest BCUT2D eigenvalue weighted by Crippen LogP contribution is 2.36. The van der Waals surface area contributed by atoms with Gasteiger partial charge < -0.3 is 10.1 Å². The number of aromatic nitrogens is 1. The van der Waals surface area contributed by atoms with Crippen molar-refractivity contribution in [3.05, 3.63) is 77.1 Å². The number of hydrogen-bond donors (Lipinski definition) is 1. The van der Waals surface area contributed by atoms with Crippen molar-refractivity contribution in [1.82, 2.24) is 15.2 Å². The van der Waals surface area contributed by atoms with Crippen LogP contribution >= 0.6 is 0 Å². The molecular weight excluding hydrogens is 435 g/mol. The number of rotatable bonds is 3. The standard InChI is InChI=1S/C24H22F3N3O3/c1-14-7-17(9-19(8-14)24(25,26)27)21-15(2)13-30(23(32)33-21)22(31)29-12-18-11-28-10-16-5-3-4-6-20(16)18/h3-11,15,21H,12-13H2,1-2H3,(H,29,31)/t15-,21-/m1/s1. The maximum Gasteiger partial charge on any atom is 0.418 e. The summed E-state index contributed by atoms with van der Waals surface area (Å²) >= 11 is 0. The molecule has 1 N–H and O–H groups in total. The lowest BCUT2D eigenvalue weighted by atomic mass is 9.93. The van der Waals surface area contributed by atoms with Gasteiger partial charge >= 0.3 is 18.3 Å². The van der Waals surface area contributed by atoms with Gasteiger partial charge in [0.25, 0.3) is 0 Å². The number of fused-ring (bicyclic) bond motifs is 1. The normalized spacial score (nSPS) is 18.8. The van der Waals surface area contributed by atoms with Crippen LogP contribution in [0.15, 0.2) is 54.9 Å². The number of amides is 3. The van der Waals surface area contributed by atoms with E-state index in [0.29, 0.717) is 5.56 Å². The van der Waals surface area contributed by atoms with Crippen LogP contribution < -0.4 is 5.32 Å². The quantitative estimate of drug-likeness (QED) is 0.556. The molecule has 2 aromatic carbocycles. The number of benzene rings is 2. The van der Waals surface area contributed by atoms with E-state index in [1.165, 1.54) is 0 Å². The number of ether oxygens (including phenoxy) is 1. The minimum absolute atomic E-state index is 0.0123. The topological polar surface area (TPSA) is 71.5 Å². The van der Waals surface area contributed by atoms with Crippen LogP contribution in [0, 0.1) is 12.8 Å². The summed E-state index contributed by atoms with van der Waals surface area (Å²) in [4.78, 5) is 30.4. The summed E-state index contributed by atoms with van der Waals surface area (Å²) in [5.41, 5.74) is 0.652. The zero-order chi connectivity index (χ0) is 23.8. The van der Waals surface area contributed by atoms with Gasteiger partial charge in [-0.2, -0.15) is 13.2 Å². The minimum Gasteiger partial charge on any atom is -0.441 e. The smallest absolute Gasteiger partial charge is 0.418 e. The molecule has 0 aliphatic carbocycles. The van der Waals surface area contributed by atoms with E-state index in [0.717, 1.165) is 33.4 Å². The number of hydrogen-bond acceptors (Lipinski definition) is 4. The average Bonchev–Trinajstić information content (AvgIpc) is 2.77. The first kappa shape index (κ1) is 22.6. The molecule has 2 heterocycles. The van der Waals surface area contributed by atoms with E-state index >= 15 is 0 Å². The fourth-order valence-electron chi connectivity index (χ4n) is 4.04. The molecule has 0 unspecified atom stereocenters. The molecule has 33 heavy (non-hydrogen) atoms. The monoisotopic (exact) mass is 457 g/mol. The third-order valence-corrected chi connectivity index (χ3v) is 5.62. The number of halogens is 3. The van der Waals surface area contributed by atoms with Crippen LogP contribution in [-0.4, -0.2) is 28.6 Å². The molecule has 0 spiro atoms. The summed E-state index contributed by atoms with van der Waals surface area (Å²) in [6.45, 7) is 3.44. The van der Waals surface area contributed by atoms with Gasteiger partial charge in [0.1, 0.15) is 6.10 Å². The molecular formula is C24H22F3N3O3. The molecule has 0 saturated carbocycles. The van der Waals surface area contributed by atoms with Crippen LogP contribution in [0.3, 0.4) is 0 Å². The number of aryl methyl sites for hydroxylation is 1. The highest BCUT2D eigenvalue weighted by molar-refractivity contribution is 5.92. The summed E-state index contributed by atoms with van der Waals surface area (Å²) < 4.78 is 45.0. The van der Waals surface area contributed by atoms with Crippen LogP contribution in [0.5, 0.6) is 0 Å². The summed E-state index contributed by atoms with van der Waals surface area (Å²) in [5.74, 6) is -0.407. The lowest BCUT2D eigenvalue weighted by Crippen LogP contribution is -2.50. The maximum atomic E-state index is 13.2. The van der Waals surface area contributed by atoms with Gasteiger partial charge in [0.2, 0.25) is 0 Å². The zero-order valence-corrected chi connectivity index (χ0v) is 18.0. The number of pyridine rings is 1. The van der Waals surface area contributed by atoms with Crippen molar-refractivity contribution in [2.45, 2.75) is 32.7 Å². The summed E-state index contributed by atoms with van der Waals surface area (Å²) in [7, 11) is 0. The Labute approximate surface area is 188 Å². The first-order chi connectivity index (χ1) is 15.6. The molecule has 1 aromatic heterocycles. The van der Waals surface area contributed by atoms with E-state index < -0.39 is 35.9 Å². The third kappa shape index (κ3) is 4.76. The Morgan fingerprint density at radius 3 is 2.73 bits per heavy atom. The van der Waals surface area contributed by atoms with E-state index in [1.807, 2.05) is 24.3 Å². The molecule has 9 heteroatoms. The van der Waals surface area contributed by atoms with Crippen molar-refractivity contribution in [1.29, 1.82) is 0 Å². The van der Waals surface area contributed by atoms with Gasteiger partial charge in [-0.25, -0.2) is 14.5 Å². The number of imide groups is 1. The van der Waals surface area contributed by atoms with Gasteiger partial charge in [-0.05, 0) is 35.6 Å². The molecule has 4 rings (SSSR count). The fraction of sp³-hybridized carbons (Fsp3) is 0.292. The predicted octanol–water partition coefficient (Wildman–Crippen LogP) is 5.60. The lowest BCUT2D eigenvalue weighted by Gasteiger charge is -2.35. The number of alkyl halides is 3. The SMILES string of the molecule is Cc1cc([C@@H]2OC(=O)N(C(=O)NCc3cncc4ccccc34)C[C@H]2C)cc(C(F)(F)F)c1. The van der Waals surface area contributed by atoms with Crippen LogP contribution in [-0.2, 0) is 17.5 Å². The molecule has 172 valence electrons. The number of nitrogens with zero attached hydrogens (tertiary/aromatic N) is 2. The van der Waals surface area contributed by atoms with Gasteiger partial charge in [0.15, 0.2) is 0 Å². The second-order valence-corrected chi connectivity index (χ2v) is 8.20. The minimum atomic E-state index is -4.51. The van der Waals surface area contributed by atoms with Gasteiger partial charge in [-0.15, -0.1) is 0 Å². The van der Waals surface area contributed by atoms with Gasteiger partial charge in [0.05, 0.1) is 5.56 Å². The summed E-state index contributed by atoms with van der Waals surface area (Å²) in [6, 6.07) is 10.5. The number of urea groups is 1. The summed E-state index contributed by atoms with van der Waals surface area (Å²) in [6.07, 6.45) is -2.93. The number of nitrogens with one attached hydrogen (secondary N) is 1. The third-order valence-electron chi connectivity index (χ3n) is 5.62. The number of carbonyl (C=O) groups excluding carboxylic acids is 2. The van der Waals surface area contributed by atoms with Crippen LogP contribution in [0.25, 0.3) is 10.8 Å². The van der Waals surface area contributed by atoms with Crippen molar-refractivity contribution in [3.63, 3.8) is 0 Å². The van der Waals surface area contributed by atoms with Gasteiger partial charge in [-0.1, -0.05) is 42.8 Å². The van der Waals surface area contributed by atoms with Crippen molar-refractivity contribution >= 4 is 22.9 Å². The second-order valence-electron chi connectivity index (χ2n) is 8.20. The molecule has 3 aromatic rings. The maximum absolute atomic E-state index is 13.2. The Morgan fingerprint density at radius 1 is 1.21 bits per heavy atom. The van der Waals surface area contributed by atoms with Crippen molar-refractivity contribution in [3.8, 4) is 0 Å². The molecule has 2 atom stereocenters. The van der Waals surface area contributed by atoms with Gasteiger partial charge in [-0.3, -0.25) is 4.98 Å². The van der Waals surface area contributed by atoms with Crippen LogP contribution in [0.1, 0.15) is 35.3 Å². The summed E-state index contributed by atoms with van der Waals surface area (Å²) in [5, 5.41) is 4.56. The first-order valence-corrected chi connectivity index (χ1v) is 10.4. The molecule has 1 saturated heterocycles. The molecule has 3 amide bonds. The average molecular weight is 457 g/mol. The van der Waals surface area contributed by atoms with Crippen LogP contribution in [0.4, 0.5) is 22.8 Å². The number of cyclic esters (lactones) is 1. The highest BCUT2D eigenvalue weighted by Gasteiger charge is 2.39. The number of carbonyl (C=O) groups is 2. The Kier molecular flexibility index (Phi) is 5.97. The van der Waals surface area contributed by atoms with Crippen LogP contribution in [0.2, 0.25) is 0 Å². The molecule has 0 radical (unpaired) electrons. The predicted molar refractivity (Wildman–Crippen MR) is 115 cm³/mol. The van der Waals surface area contributed by atoms with Gasteiger partial charge in [0, 0.05) is 36.8 Å². The van der Waals surface area contributed by atoms with Crippen molar-refractivity contribution < 1.29 is 27.5 Å². The molecule has 1 aliphatic heterocycles. The van der Waals surface area contributed by atoms with E-state index in [-0.39, 0.29) is 18.7 Å². The molecule has 0 bridgehead atoms. The fourth-order valence-corrected chi connectivity index (χ4v) is 4.04. The van der Waals surface area contributed by atoms with Crippen molar-refractivity contribution in [2.24, 2.45) is 5.92 Å². The second kappa shape index (κ2) is 8.73. The van der Waals surface area contributed by atoms with E-state index in [9.17, 15) is 22.8 Å². The lowest BCUT2D eigenvalue weighted by molar-refractivity contribution is -0.137.